The van der Waals surface area contributed by atoms with E-state index in [4.69, 9.17) is 5.73 Å². The Hall–Kier alpha value is -1.42. The van der Waals surface area contributed by atoms with Crippen molar-refractivity contribution >= 4 is 12.0 Å². The highest BCUT2D eigenvalue weighted by molar-refractivity contribution is 5.79. The van der Waals surface area contributed by atoms with Crippen LogP contribution in [0, 0.1) is 0 Å². The SMILES string of the molecule is CC.COC.Nc1cccnc1C=O. The van der Waals surface area contributed by atoms with Gasteiger partial charge < -0.3 is 10.5 Å². The molecule has 2 N–H and O–H groups in total. The van der Waals surface area contributed by atoms with E-state index in [1.807, 2.05) is 13.8 Å². The summed E-state index contributed by atoms with van der Waals surface area (Å²) in [5, 5.41) is 0. The minimum absolute atomic E-state index is 0.303. The van der Waals surface area contributed by atoms with Crippen LogP contribution in [-0.4, -0.2) is 25.5 Å². The molecular weight excluding hydrogens is 180 g/mol. The molecule has 0 aliphatic heterocycles. The van der Waals surface area contributed by atoms with E-state index in [0.29, 0.717) is 17.7 Å². The second-order valence-corrected chi connectivity index (χ2v) is 2.00. The van der Waals surface area contributed by atoms with Gasteiger partial charge in [-0.2, -0.15) is 0 Å². The summed E-state index contributed by atoms with van der Waals surface area (Å²) in [7, 11) is 3.25. The van der Waals surface area contributed by atoms with Gasteiger partial charge in [0.05, 0.1) is 5.69 Å². The first-order valence-corrected chi connectivity index (χ1v) is 4.32. The quantitative estimate of drug-likeness (QED) is 0.698. The van der Waals surface area contributed by atoms with Crippen LogP contribution in [0.5, 0.6) is 0 Å². The van der Waals surface area contributed by atoms with Crippen molar-refractivity contribution in [2.45, 2.75) is 13.8 Å². The van der Waals surface area contributed by atoms with Crippen molar-refractivity contribution in [2.24, 2.45) is 0 Å². The second-order valence-electron chi connectivity index (χ2n) is 2.00. The van der Waals surface area contributed by atoms with Crippen LogP contribution in [-0.2, 0) is 4.74 Å². The molecule has 0 saturated heterocycles. The Kier molecular flexibility index (Phi) is 12.5. The van der Waals surface area contributed by atoms with Crippen LogP contribution >= 0.6 is 0 Å². The first-order valence-electron chi connectivity index (χ1n) is 4.32. The number of hydrogen-bond donors (Lipinski definition) is 1. The van der Waals surface area contributed by atoms with Gasteiger partial charge in [-0.3, -0.25) is 9.78 Å². The van der Waals surface area contributed by atoms with Crippen LogP contribution in [0.25, 0.3) is 0 Å². The van der Waals surface area contributed by atoms with Crippen molar-refractivity contribution in [3.63, 3.8) is 0 Å². The largest absolute Gasteiger partial charge is 0.397 e. The number of nitrogens with two attached hydrogens (primary N) is 1. The van der Waals surface area contributed by atoms with Crippen LogP contribution in [0.1, 0.15) is 24.3 Å². The smallest absolute Gasteiger partial charge is 0.170 e. The number of aromatic nitrogens is 1. The Balaban J connectivity index is 0. The molecule has 1 rings (SSSR count). The molecule has 0 aliphatic carbocycles. The van der Waals surface area contributed by atoms with Gasteiger partial charge >= 0.3 is 0 Å². The van der Waals surface area contributed by atoms with Crippen LogP contribution in [0.4, 0.5) is 5.69 Å². The third-order valence-electron chi connectivity index (χ3n) is 0.983. The molecule has 0 bridgehead atoms. The Labute approximate surface area is 85.1 Å². The average molecular weight is 198 g/mol. The zero-order valence-electron chi connectivity index (χ0n) is 9.15. The highest BCUT2D eigenvalue weighted by Crippen LogP contribution is 2.01. The third-order valence-corrected chi connectivity index (χ3v) is 0.983. The summed E-state index contributed by atoms with van der Waals surface area (Å²) in [6.07, 6.45) is 2.16. The first kappa shape index (κ1) is 15.1. The number of aldehydes is 1. The number of nitrogens with zero attached hydrogens (tertiary/aromatic N) is 1. The summed E-state index contributed by atoms with van der Waals surface area (Å²) in [5.41, 5.74) is 6.06. The Morgan fingerprint density at radius 3 is 2.21 bits per heavy atom. The predicted octanol–water partition coefficient (Wildman–Crippen LogP) is 1.77. The van der Waals surface area contributed by atoms with Gasteiger partial charge in [0, 0.05) is 20.4 Å². The molecule has 0 radical (unpaired) electrons. The lowest BCUT2D eigenvalue weighted by Gasteiger charge is -1.91. The van der Waals surface area contributed by atoms with Crippen molar-refractivity contribution in [1.82, 2.24) is 4.98 Å². The predicted molar refractivity (Wildman–Crippen MR) is 58.3 cm³/mol. The molecule has 4 nitrogen and oxygen atoms in total. The summed E-state index contributed by atoms with van der Waals surface area (Å²) >= 11 is 0. The van der Waals surface area contributed by atoms with E-state index >= 15 is 0 Å². The van der Waals surface area contributed by atoms with Gasteiger partial charge in [0.1, 0.15) is 5.69 Å². The number of rotatable bonds is 1. The first-order chi connectivity index (χ1) is 6.76. The molecule has 0 atom stereocenters. The number of hydrogen-bond acceptors (Lipinski definition) is 4. The zero-order chi connectivity index (χ0) is 11.4. The molecule has 1 aromatic rings. The Bertz CT molecular complexity index is 239. The fraction of sp³-hybridized carbons (Fsp3) is 0.400. The molecule has 80 valence electrons. The van der Waals surface area contributed by atoms with E-state index in [0.717, 1.165) is 0 Å². The minimum Gasteiger partial charge on any atom is -0.397 e. The normalized spacial score (nSPS) is 7.43. The molecule has 1 heterocycles. The molecule has 0 fully saturated rings. The van der Waals surface area contributed by atoms with Crippen molar-refractivity contribution in [2.75, 3.05) is 20.0 Å². The number of methoxy groups -OCH3 is 1. The standard InChI is InChI=1S/C6H6N2O.C2H6O.C2H6/c7-5-2-1-3-8-6(5)4-9;1-3-2;1-2/h1-4H,7H2;1-2H3;1-2H3. The van der Waals surface area contributed by atoms with Crippen LogP contribution in [0.2, 0.25) is 0 Å². The van der Waals surface area contributed by atoms with E-state index in [1.54, 1.807) is 26.4 Å². The second kappa shape index (κ2) is 11.6. The fourth-order valence-electron chi connectivity index (χ4n) is 0.528. The van der Waals surface area contributed by atoms with Gasteiger partial charge in [-0.1, -0.05) is 13.8 Å². The molecule has 0 spiro atoms. The average Bonchev–Trinajstić information content (AvgIpc) is 2.23. The van der Waals surface area contributed by atoms with Gasteiger partial charge in [-0.25, -0.2) is 0 Å². The summed E-state index contributed by atoms with van der Waals surface area (Å²) in [6.45, 7) is 4.00. The Morgan fingerprint density at radius 2 is 1.93 bits per heavy atom. The van der Waals surface area contributed by atoms with Gasteiger partial charge in [-0.15, -0.1) is 0 Å². The van der Waals surface area contributed by atoms with Crippen molar-refractivity contribution in [1.29, 1.82) is 0 Å². The van der Waals surface area contributed by atoms with Gasteiger partial charge in [0.15, 0.2) is 6.29 Å². The van der Waals surface area contributed by atoms with E-state index < -0.39 is 0 Å². The van der Waals surface area contributed by atoms with Crippen molar-refractivity contribution in [3.8, 4) is 0 Å². The zero-order valence-corrected chi connectivity index (χ0v) is 9.15. The van der Waals surface area contributed by atoms with Crippen molar-refractivity contribution < 1.29 is 9.53 Å². The lowest BCUT2D eigenvalue weighted by molar-refractivity contribution is 0.112. The summed E-state index contributed by atoms with van der Waals surface area (Å²) in [4.78, 5) is 13.8. The summed E-state index contributed by atoms with van der Waals surface area (Å²) in [5.74, 6) is 0. The van der Waals surface area contributed by atoms with Crippen LogP contribution in [0.3, 0.4) is 0 Å². The van der Waals surface area contributed by atoms with Crippen LogP contribution < -0.4 is 5.73 Å². The number of anilines is 1. The number of carbonyl (C=O) groups is 1. The summed E-state index contributed by atoms with van der Waals surface area (Å²) in [6, 6.07) is 3.32. The Morgan fingerprint density at radius 1 is 1.43 bits per heavy atom. The van der Waals surface area contributed by atoms with Crippen LogP contribution in [0.15, 0.2) is 18.3 Å². The number of nitrogen functional groups attached to an aromatic ring is 1. The lowest BCUT2D eigenvalue weighted by atomic mass is 10.3. The van der Waals surface area contributed by atoms with E-state index in [9.17, 15) is 4.79 Å². The van der Waals surface area contributed by atoms with E-state index in [2.05, 4.69) is 9.72 Å². The lowest BCUT2D eigenvalue weighted by Crippen LogP contribution is -1.94. The maximum atomic E-state index is 10.1. The molecular formula is C10H18N2O2. The van der Waals surface area contributed by atoms with Crippen molar-refractivity contribution in [3.05, 3.63) is 24.0 Å². The third kappa shape index (κ3) is 7.24. The monoisotopic (exact) mass is 198 g/mol. The fourth-order valence-corrected chi connectivity index (χ4v) is 0.528. The highest BCUT2D eigenvalue weighted by atomic mass is 16.4. The topological polar surface area (TPSA) is 65.2 Å². The van der Waals surface area contributed by atoms with Gasteiger partial charge in [-0.05, 0) is 12.1 Å². The van der Waals surface area contributed by atoms with Gasteiger partial charge in [0.2, 0.25) is 0 Å². The molecule has 0 aliphatic rings. The van der Waals surface area contributed by atoms with E-state index in [-0.39, 0.29) is 0 Å². The maximum absolute atomic E-state index is 10.1. The number of carbonyl (C=O) groups excluding carboxylic acids is 1. The molecule has 0 amide bonds. The molecule has 4 heteroatoms. The van der Waals surface area contributed by atoms with Gasteiger partial charge in [0.25, 0.3) is 0 Å². The highest BCUT2D eigenvalue weighted by Gasteiger charge is 1.92. The summed E-state index contributed by atoms with van der Waals surface area (Å²) < 4.78 is 4.25. The maximum Gasteiger partial charge on any atom is 0.170 e. The number of pyridine rings is 1. The molecule has 0 unspecified atom stereocenters. The molecule has 1 aromatic heterocycles. The molecule has 14 heavy (non-hydrogen) atoms. The number of ether oxygens (including phenoxy) is 1. The molecule has 0 aromatic carbocycles. The minimum atomic E-state index is 0.303. The van der Waals surface area contributed by atoms with E-state index in [1.165, 1.54) is 6.20 Å². The molecule has 0 saturated carbocycles.